The Balaban J connectivity index is 3.17. The summed E-state index contributed by atoms with van der Waals surface area (Å²) in [6.45, 7) is 6.94. The van der Waals surface area contributed by atoms with Crippen LogP contribution < -0.4 is 0 Å². The summed E-state index contributed by atoms with van der Waals surface area (Å²) in [6, 6.07) is 0. The van der Waals surface area contributed by atoms with Crippen LogP contribution in [0.2, 0.25) is 0 Å². The van der Waals surface area contributed by atoms with E-state index in [4.69, 9.17) is 4.74 Å². The Hall–Kier alpha value is -0.300. The van der Waals surface area contributed by atoms with E-state index in [0.29, 0.717) is 5.92 Å². The van der Waals surface area contributed by atoms with Gasteiger partial charge in [0.1, 0.15) is 0 Å². The number of rotatable bonds is 11. The lowest BCUT2D eigenvalue weighted by Crippen LogP contribution is -2.04. The summed E-state index contributed by atoms with van der Waals surface area (Å²) >= 11 is 0. The van der Waals surface area contributed by atoms with Gasteiger partial charge in [-0.15, -0.1) is 6.58 Å². The molecular formula is C14H28O. The van der Waals surface area contributed by atoms with Crippen LogP contribution in [-0.2, 0) is 4.74 Å². The molecule has 0 N–H and O–H groups in total. The first-order valence-corrected chi connectivity index (χ1v) is 6.46. The molecule has 15 heavy (non-hydrogen) atoms. The second kappa shape index (κ2) is 11.8. The zero-order chi connectivity index (χ0) is 11.4. The van der Waals surface area contributed by atoms with Gasteiger partial charge in [-0.2, -0.15) is 0 Å². The molecule has 0 aromatic heterocycles. The lowest BCUT2D eigenvalue weighted by Gasteiger charge is -2.10. The molecule has 1 heteroatoms. The summed E-state index contributed by atoms with van der Waals surface area (Å²) in [5.41, 5.74) is 0. The molecule has 0 fully saturated rings. The van der Waals surface area contributed by atoms with Gasteiger partial charge >= 0.3 is 0 Å². The zero-order valence-electron chi connectivity index (χ0n) is 10.6. The molecule has 0 aromatic rings. The van der Waals surface area contributed by atoms with Crippen LogP contribution in [0.5, 0.6) is 0 Å². The van der Waals surface area contributed by atoms with Gasteiger partial charge in [0.2, 0.25) is 0 Å². The largest absolute Gasteiger partial charge is 0.384 e. The molecule has 0 aliphatic carbocycles. The van der Waals surface area contributed by atoms with Crippen LogP contribution in [0.25, 0.3) is 0 Å². The zero-order valence-corrected chi connectivity index (χ0v) is 10.6. The molecule has 0 spiro atoms. The van der Waals surface area contributed by atoms with E-state index in [1.54, 1.807) is 7.11 Å². The molecule has 0 radical (unpaired) electrons. The third-order valence-corrected chi connectivity index (χ3v) is 2.89. The van der Waals surface area contributed by atoms with Crippen molar-refractivity contribution in [3.8, 4) is 0 Å². The number of methoxy groups -OCH3 is 1. The topological polar surface area (TPSA) is 9.23 Å². The van der Waals surface area contributed by atoms with Gasteiger partial charge in [-0.3, -0.25) is 0 Å². The van der Waals surface area contributed by atoms with E-state index in [2.05, 4.69) is 13.5 Å². The van der Waals surface area contributed by atoms with Crippen molar-refractivity contribution in [2.75, 3.05) is 13.7 Å². The average Bonchev–Trinajstić information content (AvgIpc) is 2.26. The van der Waals surface area contributed by atoms with Gasteiger partial charge in [0.15, 0.2) is 0 Å². The van der Waals surface area contributed by atoms with Gasteiger partial charge in [-0.1, -0.05) is 57.9 Å². The van der Waals surface area contributed by atoms with Gasteiger partial charge in [0.05, 0.1) is 6.61 Å². The molecule has 0 bridgehead atoms. The van der Waals surface area contributed by atoms with Crippen LogP contribution in [0.4, 0.5) is 0 Å². The monoisotopic (exact) mass is 212 g/mol. The molecule has 0 aromatic carbocycles. The van der Waals surface area contributed by atoms with E-state index >= 15 is 0 Å². The van der Waals surface area contributed by atoms with Crippen molar-refractivity contribution in [2.24, 2.45) is 5.92 Å². The molecule has 0 amide bonds. The lowest BCUT2D eigenvalue weighted by molar-refractivity contribution is 0.165. The summed E-state index contributed by atoms with van der Waals surface area (Å²) in [5.74, 6) is 0.561. The summed E-state index contributed by atoms with van der Waals surface area (Å²) in [5, 5.41) is 0. The van der Waals surface area contributed by atoms with Crippen LogP contribution in [0, 0.1) is 5.92 Å². The van der Waals surface area contributed by atoms with Crippen LogP contribution in [0.15, 0.2) is 12.7 Å². The molecular weight excluding hydrogens is 184 g/mol. The minimum atomic E-state index is 0.561. The van der Waals surface area contributed by atoms with Crippen molar-refractivity contribution < 1.29 is 4.74 Å². The minimum absolute atomic E-state index is 0.561. The normalized spacial score (nSPS) is 12.7. The molecule has 0 aliphatic rings. The number of unbranched alkanes of at least 4 members (excludes halogenated alkanes) is 6. The highest BCUT2D eigenvalue weighted by Crippen LogP contribution is 2.13. The van der Waals surface area contributed by atoms with Crippen LogP contribution in [0.1, 0.15) is 58.3 Å². The maximum absolute atomic E-state index is 5.13. The smallest absolute Gasteiger partial charge is 0.0524 e. The van der Waals surface area contributed by atoms with Gasteiger partial charge < -0.3 is 4.74 Å². The van der Waals surface area contributed by atoms with Crippen molar-refractivity contribution in [1.82, 2.24) is 0 Å². The van der Waals surface area contributed by atoms with E-state index in [0.717, 1.165) is 6.61 Å². The fourth-order valence-corrected chi connectivity index (χ4v) is 1.85. The highest BCUT2D eigenvalue weighted by molar-refractivity contribution is 4.78. The number of ether oxygens (including phenoxy) is 1. The number of hydrogen-bond acceptors (Lipinski definition) is 1. The number of hydrogen-bond donors (Lipinski definition) is 0. The Morgan fingerprint density at radius 3 is 2.20 bits per heavy atom. The van der Waals surface area contributed by atoms with Crippen molar-refractivity contribution in [1.29, 1.82) is 0 Å². The minimum Gasteiger partial charge on any atom is -0.384 e. The SMILES string of the molecule is C=CC(CCCCCCCCC)COC. The van der Waals surface area contributed by atoms with Gasteiger partial charge in [0.25, 0.3) is 0 Å². The summed E-state index contributed by atoms with van der Waals surface area (Å²) in [6.07, 6.45) is 12.9. The van der Waals surface area contributed by atoms with Crippen molar-refractivity contribution in [3.63, 3.8) is 0 Å². The third kappa shape index (κ3) is 9.99. The fourth-order valence-electron chi connectivity index (χ4n) is 1.85. The highest BCUT2D eigenvalue weighted by atomic mass is 16.5. The fraction of sp³-hybridized carbons (Fsp3) is 0.857. The maximum atomic E-state index is 5.13. The molecule has 1 nitrogen and oxygen atoms in total. The summed E-state index contributed by atoms with van der Waals surface area (Å²) in [4.78, 5) is 0. The molecule has 0 aliphatic heterocycles. The Labute approximate surface area is 95.9 Å². The molecule has 1 atom stereocenters. The summed E-state index contributed by atoms with van der Waals surface area (Å²) in [7, 11) is 1.77. The Morgan fingerprint density at radius 2 is 1.67 bits per heavy atom. The van der Waals surface area contributed by atoms with Crippen molar-refractivity contribution >= 4 is 0 Å². The lowest BCUT2D eigenvalue weighted by atomic mass is 10.0. The predicted octanol–water partition coefficient (Wildman–Crippen LogP) is 4.58. The van der Waals surface area contributed by atoms with Crippen LogP contribution >= 0.6 is 0 Å². The first-order valence-electron chi connectivity index (χ1n) is 6.46. The van der Waals surface area contributed by atoms with Gasteiger partial charge in [-0.05, 0) is 12.3 Å². The van der Waals surface area contributed by atoms with Gasteiger partial charge in [-0.25, -0.2) is 0 Å². The van der Waals surface area contributed by atoms with E-state index in [9.17, 15) is 0 Å². The second-order valence-electron chi connectivity index (χ2n) is 4.36. The van der Waals surface area contributed by atoms with Crippen LogP contribution in [-0.4, -0.2) is 13.7 Å². The van der Waals surface area contributed by atoms with E-state index < -0.39 is 0 Å². The molecule has 0 saturated heterocycles. The van der Waals surface area contributed by atoms with E-state index in [1.807, 2.05) is 6.08 Å². The van der Waals surface area contributed by atoms with Gasteiger partial charge in [0, 0.05) is 7.11 Å². The maximum Gasteiger partial charge on any atom is 0.0524 e. The highest BCUT2D eigenvalue weighted by Gasteiger charge is 2.02. The second-order valence-corrected chi connectivity index (χ2v) is 4.36. The van der Waals surface area contributed by atoms with E-state index in [-0.39, 0.29) is 0 Å². The Bertz CT molecular complexity index is 131. The Kier molecular flexibility index (Phi) is 11.5. The Morgan fingerprint density at radius 1 is 1.07 bits per heavy atom. The first kappa shape index (κ1) is 14.7. The summed E-state index contributed by atoms with van der Waals surface area (Å²) < 4.78 is 5.13. The standard InChI is InChI=1S/C14H28O/c1-4-6-7-8-9-10-11-12-14(5-2)13-15-3/h5,14H,2,4,6-13H2,1,3H3. The molecule has 0 rings (SSSR count). The average molecular weight is 212 g/mol. The molecule has 1 unspecified atom stereocenters. The van der Waals surface area contributed by atoms with E-state index in [1.165, 1.54) is 51.4 Å². The quantitative estimate of drug-likeness (QED) is 0.360. The van der Waals surface area contributed by atoms with Crippen molar-refractivity contribution in [3.05, 3.63) is 12.7 Å². The predicted molar refractivity (Wildman–Crippen MR) is 68.2 cm³/mol. The first-order chi connectivity index (χ1) is 7.35. The third-order valence-electron chi connectivity index (χ3n) is 2.89. The molecule has 0 saturated carbocycles. The van der Waals surface area contributed by atoms with Crippen LogP contribution in [0.3, 0.4) is 0 Å². The van der Waals surface area contributed by atoms with Crippen molar-refractivity contribution in [2.45, 2.75) is 58.3 Å². The molecule has 0 heterocycles. The molecule has 90 valence electrons.